The van der Waals surface area contributed by atoms with Gasteiger partial charge in [-0.1, -0.05) is 12.1 Å². The quantitative estimate of drug-likeness (QED) is 0.692. The average molecular weight is 388 g/mol. The number of hydrogen-bond donors (Lipinski definition) is 1. The molecule has 1 fully saturated rings. The van der Waals surface area contributed by atoms with E-state index in [0.717, 1.165) is 17.3 Å². The first-order chi connectivity index (χ1) is 12.9. The van der Waals surface area contributed by atoms with Gasteiger partial charge in [-0.3, -0.25) is 4.57 Å². The van der Waals surface area contributed by atoms with Gasteiger partial charge in [0.05, 0.1) is 24.2 Å². The number of para-hydroxylation sites is 2. The highest BCUT2D eigenvalue weighted by Gasteiger charge is 2.48. The first-order valence-electron chi connectivity index (χ1n) is 8.46. The van der Waals surface area contributed by atoms with Crippen LogP contribution in [-0.2, 0) is 14.6 Å². The maximum absolute atomic E-state index is 12.5. The molecule has 27 heavy (non-hydrogen) atoms. The van der Waals surface area contributed by atoms with E-state index in [0.29, 0.717) is 12.4 Å². The summed E-state index contributed by atoms with van der Waals surface area (Å²) in [4.78, 5) is 14.7. The number of hydrogen-bond acceptors (Lipinski definition) is 8. The fraction of sp³-hybridized carbons (Fsp3) is 0.353. The van der Waals surface area contributed by atoms with Gasteiger partial charge in [0, 0.05) is 26.0 Å². The molecule has 0 aliphatic carbocycles. The van der Waals surface area contributed by atoms with Crippen LogP contribution in [0.5, 0.6) is 0 Å². The van der Waals surface area contributed by atoms with Crippen molar-refractivity contribution < 1.29 is 13.2 Å². The number of benzene rings is 1. The zero-order valence-corrected chi connectivity index (χ0v) is 15.8. The highest BCUT2D eigenvalue weighted by molar-refractivity contribution is 7.92. The highest BCUT2D eigenvalue weighted by atomic mass is 32.2. The Labute approximate surface area is 156 Å². The van der Waals surface area contributed by atoms with E-state index >= 15 is 0 Å². The molecule has 0 spiro atoms. The average Bonchev–Trinajstić information content (AvgIpc) is 3.11. The number of nitrogens with one attached hydrogen (secondary N) is 1. The van der Waals surface area contributed by atoms with Crippen molar-refractivity contribution >= 4 is 26.8 Å². The van der Waals surface area contributed by atoms with Gasteiger partial charge < -0.3 is 15.0 Å². The van der Waals surface area contributed by atoms with Crippen molar-refractivity contribution in [3.8, 4) is 5.82 Å². The lowest BCUT2D eigenvalue weighted by Crippen LogP contribution is -2.64. The van der Waals surface area contributed by atoms with Gasteiger partial charge in [-0.25, -0.2) is 18.4 Å². The molecule has 3 aromatic rings. The molecule has 142 valence electrons. The van der Waals surface area contributed by atoms with Crippen molar-refractivity contribution in [2.45, 2.75) is 5.06 Å². The van der Waals surface area contributed by atoms with Crippen LogP contribution in [0.3, 0.4) is 0 Å². The molecule has 0 radical (unpaired) electrons. The Morgan fingerprint density at radius 2 is 2.07 bits per heavy atom. The maximum atomic E-state index is 12.5. The summed E-state index contributed by atoms with van der Waals surface area (Å²) in [6.07, 6.45) is 4.43. The van der Waals surface area contributed by atoms with Gasteiger partial charge in [0.25, 0.3) is 5.06 Å². The summed E-state index contributed by atoms with van der Waals surface area (Å²) in [6.45, 7) is 1.00. The normalized spacial score (nSPS) is 20.7. The van der Waals surface area contributed by atoms with E-state index in [-0.39, 0.29) is 19.1 Å². The van der Waals surface area contributed by atoms with Gasteiger partial charge in [0.15, 0.2) is 9.84 Å². The summed E-state index contributed by atoms with van der Waals surface area (Å²) in [5.41, 5.74) is 1.75. The second-order valence-corrected chi connectivity index (χ2v) is 8.57. The molecule has 1 aromatic carbocycles. The third kappa shape index (κ3) is 2.95. The predicted octanol–water partition coefficient (Wildman–Crippen LogP) is 0.570. The Morgan fingerprint density at radius 1 is 1.26 bits per heavy atom. The summed E-state index contributed by atoms with van der Waals surface area (Å²) in [7, 11) is -1.97. The zero-order chi connectivity index (χ0) is 19.1. The van der Waals surface area contributed by atoms with Crippen molar-refractivity contribution in [3.63, 3.8) is 0 Å². The van der Waals surface area contributed by atoms with Crippen LogP contribution in [0.15, 0.2) is 42.9 Å². The smallest absolute Gasteiger partial charge is 0.260 e. The van der Waals surface area contributed by atoms with Crippen LogP contribution in [-0.4, -0.2) is 66.0 Å². The minimum absolute atomic E-state index is 0.129. The van der Waals surface area contributed by atoms with E-state index in [1.165, 1.54) is 4.90 Å². The Kier molecular flexibility index (Phi) is 4.33. The summed E-state index contributed by atoms with van der Waals surface area (Å²) in [5.74, 6) is 0.840. The van der Waals surface area contributed by atoms with Crippen molar-refractivity contribution in [1.82, 2.24) is 24.8 Å². The van der Waals surface area contributed by atoms with E-state index < -0.39 is 14.9 Å². The molecule has 10 heteroatoms. The van der Waals surface area contributed by atoms with Gasteiger partial charge in [0.2, 0.25) is 5.95 Å². The molecule has 0 bridgehead atoms. The number of ether oxygens (including phenoxy) is 1. The predicted molar refractivity (Wildman–Crippen MR) is 101 cm³/mol. The Hall–Kier alpha value is -2.56. The number of likely N-dealkylation sites (N-methyl/N-ethyl adjacent to an activating group) is 1. The second kappa shape index (κ2) is 6.55. The van der Waals surface area contributed by atoms with Gasteiger partial charge in [0.1, 0.15) is 12.1 Å². The lowest BCUT2D eigenvalue weighted by Gasteiger charge is -2.42. The number of aromatic nitrogens is 4. The molecule has 1 N–H and O–H groups in total. The van der Waals surface area contributed by atoms with E-state index in [9.17, 15) is 8.42 Å². The Bertz CT molecular complexity index is 1070. The van der Waals surface area contributed by atoms with E-state index in [1.54, 1.807) is 25.6 Å². The molecular formula is C17H20N6O3S. The summed E-state index contributed by atoms with van der Waals surface area (Å²) in [5, 5.41) is 1.53. The molecule has 3 heterocycles. The van der Waals surface area contributed by atoms with E-state index in [2.05, 4.69) is 20.3 Å². The van der Waals surface area contributed by atoms with Crippen molar-refractivity contribution in [3.05, 3.63) is 42.9 Å². The van der Waals surface area contributed by atoms with Gasteiger partial charge in [-0.2, -0.15) is 4.98 Å². The van der Waals surface area contributed by atoms with E-state index in [4.69, 9.17) is 4.74 Å². The number of nitrogens with zero attached hydrogens (tertiary/aromatic N) is 5. The summed E-state index contributed by atoms with van der Waals surface area (Å²) < 4.78 is 32.6. The first kappa shape index (κ1) is 17.8. The summed E-state index contributed by atoms with van der Waals surface area (Å²) >= 11 is 0. The number of fused-ring (bicyclic) bond motifs is 1. The van der Waals surface area contributed by atoms with Gasteiger partial charge in [-0.15, -0.1) is 0 Å². The minimum Gasteiger partial charge on any atom is -0.340 e. The number of imidazole rings is 1. The molecule has 1 saturated heterocycles. The maximum Gasteiger partial charge on any atom is 0.260 e. The van der Waals surface area contributed by atoms with Gasteiger partial charge >= 0.3 is 0 Å². The minimum atomic E-state index is -3.59. The van der Waals surface area contributed by atoms with Crippen LogP contribution in [0.25, 0.3) is 16.9 Å². The molecule has 0 saturated carbocycles. The van der Waals surface area contributed by atoms with Crippen LogP contribution in [0.2, 0.25) is 0 Å². The number of morpholine rings is 1. The first-order valence-corrected chi connectivity index (χ1v) is 10.4. The Morgan fingerprint density at radius 3 is 2.81 bits per heavy atom. The molecule has 1 atom stereocenters. The Balaban J connectivity index is 1.78. The monoisotopic (exact) mass is 388 g/mol. The number of rotatable bonds is 4. The lowest BCUT2D eigenvalue weighted by atomic mass is 10.3. The molecule has 9 nitrogen and oxygen atoms in total. The SMILES string of the molecule is CN(c1nccc(-n2cnc3ccccc32)n1)C1(S(C)(=O)=O)CNCCO1. The highest BCUT2D eigenvalue weighted by Crippen LogP contribution is 2.28. The molecule has 0 amide bonds. The third-order valence-corrected chi connectivity index (χ3v) is 6.37. The molecule has 1 unspecified atom stereocenters. The molecule has 1 aliphatic rings. The second-order valence-electron chi connectivity index (χ2n) is 6.39. The standard InChI is InChI=1S/C17H20N6O3S/c1-22(17(27(2,24)25)11-18-9-10-26-17)16-19-8-7-15(21-16)23-12-20-13-5-3-4-6-14(13)23/h3-8,12,18H,9-11H2,1-2H3. The number of sulfone groups is 1. The topological polar surface area (TPSA) is 102 Å². The van der Waals surface area contributed by atoms with Crippen LogP contribution in [0, 0.1) is 0 Å². The fourth-order valence-corrected chi connectivity index (χ4v) is 4.45. The largest absolute Gasteiger partial charge is 0.340 e. The molecule has 4 rings (SSSR count). The van der Waals surface area contributed by atoms with Gasteiger partial charge in [-0.05, 0) is 18.2 Å². The number of anilines is 1. The molecule has 2 aromatic heterocycles. The van der Waals surface area contributed by atoms with Crippen LogP contribution >= 0.6 is 0 Å². The van der Waals surface area contributed by atoms with Crippen LogP contribution in [0.1, 0.15) is 0 Å². The lowest BCUT2D eigenvalue weighted by molar-refractivity contribution is -0.00457. The third-order valence-electron chi connectivity index (χ3n) is 4.67. The molecular weight excluding hydrogens is 368 g/mol. The van der Waals surface area contributed by atoms with Crippen LogP contribution < -0.4 is 10.2 Å². The van der Waals surface area contributed by atoms with Crippen molar-refractivity contribution in [2.75, 3.05) is 37.9 Å². The van der Waals surface area contributed by atoms with E-state index in [1.807, 2.05) is 28.8 Å². The van der Waals surface area contributed by atoms with Crippen molar-refractivity contribution in [2.24, 2.45) is 0 Å². The van der Waals surface area contributed by atoms with Crippen molar-refractivity contribution in [1.29, 1.82) is 0 Å². The summed E-state index contributed by atoms with van der Waals surface area (Å²) in [6, 6.07) is 9.45. The fourth-order valence-electron chi connectivity index (χ4n) is 3.21. The van der Waals surface area contributed by atoms with Crippen LogP contribution in [0.4, 0.5) is 5.95 Å². The zero-order valence-electron chi connectivity index (χ0n) is 15.0. The molecule has 1 aliphatic heterocycles.